The first-order valence-electron chi connectivity index (χ1n) is 11.3. The number of benzene rings is 4. The number of allylic oxidation sites excluding steroid dienone is 2. The fourth-order valence-electron chi connectivity index (χ4n) is 5.54. The molecule has 0 aromatic heterocycles. The first-order valence-corrected chi connectivity index (χ1v) is 11.3. The maximum absolute atomic E-state index is 2.43. The van der Waals surface area contributed by atoms with E-state index in [1.54, 1.807) is 0 Å². The van der Waals surface area contributed by atoms with Crippen molar-refractivity contribution in [3.63, 3.8) is 0 Å². The van der Waals surface area contributed by atoms with Gasteiger partial charge in [-0.2, -0.15) is 0 Å². The Hall–Kier alpha value is -3.38. The van der Waals surface area contributed by atoms with Crippen molar-refractivity contribution in [3.8, 4) is 11.1 Å². The van der Waals surface area contributed by atoms with Crippen molar-refractivity contribution in [2.45, 2.75) is 32.6 Å². The number of rotatable bonds is 2. The molecule has 6 rings (SSSR count). The molecule has 0 atom stereocenters. The first kappa shape index (κ1) is 19.6. The van der Waals surface area contributed by atoms with Gasteiger partial charge in [-0.05, 0) is 63.4 Å². The molecular weight excluding hydrogens is 372 g/mol. The second-order valence-corrected chi connectivity index (χ2v) is 8.27. The van der Waals surface area contributed by atoms with Crippen LogP contribution in [-0.4, -0.2) is 0 Å². The summed E-state index contributed by atoms with van der Waals surface area (Å²) in [7, 11) is 0. The lowest BCUT2D eigenvalue weighted by Crippen LogP contribution is -2.23. The molecule has 0 radical (unpaired) electrons. The minimum Gasteiger partial charge on any atom is -0.0683 e. The van der Waals surface area contributed by atoms with Crippen molar-refractivity contribution in [3.05, 3.63) is 131 Å². The summed E-state index contributed by atoms with van der Waals surface area (Å²) >= 11 is 0. The highest BCUT2D eigenvalue weighted by Crippen LogP contribution is 2.58. The molecule has 152 valence electrons. The second-order valence-electron chi connectivity index (χ2n) is 8.27. The van der Waals surface area contributed by atoms with Gasteiger partial charge in [0.05, 0.1) is 0 Å². The van der Waals surface area contributed by atoms with E-state index < -0.39 is 0 Å². The van der Waals surface area contributed by atoms with Crippen molar-refractivity contribution in [1.82, 2.24) is 0 Å². The quantitative estimate of drug-likeness (QED) is 0.318. The van der Waals surface area contributed by atoms with Gasteiger partial charge in [0.1, 0.15) is 0 Å². The summed E-state index contributed by atoms with van der Waals surface area (Å²) in [6.07, 6.45) is 0.995. The maximum atomic E-state index is 2.43. The summed E-state index contributed by atoms with van der Waals surface area (Å²) in [5.74, 6) is 0. The van der Waals surface area contributed by atoms with Crippen molar-refractivity contribution in [2.24, 2.45) is 0 Å². The number of hydrogen-bond donors (Lipinski definition) is 0. The summed E-state index contributed by atoms with van der Waals surface area (Å²) in [6, 6.07) is 37.8. The van der Waals surface area contributed by atoms with Crippen LogP contribution in [0.15, 0.2) is 103 Å². The van der Waals surface area contributed by atoms with E-state index in [1.807, 2.05) is 13.8 Å². The van der Waals surface area contributed by atoms with E-state index in [4.69, 9.17) is 0 Å². The van der Waals surface area contributed by atoms with Crippen LogP contribution in [0.5, 0.6) is 0 Å². The Morgan fingerprint density at radius 1 is 0.548 bits per heavy atom. The minimum atomic E-state index is -0.162. The molecule has 2 aliphatic rings. The van der Waals surface area contributed by atoms with Gasteiger partial charge in [0.2, 0.25) is 0 Å². The molecule has 4 aromatic carbocycles. The first-order chi connectivity index (χ1) is 15.3. The lowest BCUT2D eigenvalue weighted by molar-refractivity contribution is 0.773. The Labute approximate surface area is 185 Å². The third-order valence-corrected chi connectivity index (χ3v) is 6.80. The van der Waals surface area contributed by atoms with E-state index in [0.717, 1.165) is 6.42 Å². The molecule has 0 saturated carbocycles. The molecule has 0 N–H and O–H groups in total. The fourth-order valence-corrected chi connectivity index (χ4v) is 5.54. The van der Waals surface area contributed by atoms with Crippen molar-refractivity contribution in [2.75, 3.05) is 0 Å². The van der Waals surface area contributed by atoms with Gasteiger partial charge in [-0.25, -0.2) is 0 Å². The lowest BCUT2D eigenvalue weighted by atomic mass is 9.70. The third kappa shape index (κ3) is 2.82. The molecule has 0 heteroatoms. The van der Waals surface area contributed by atoms with E-state index >= 15 is 0 Å². The second kappa shape index (κ2) is 7.71. The molecule has 2 aliphatic carbocycles. The van der Waals surface area contributed by atoms with Crippen LogP contribution in [0, 0.1) is 0 Å². The van der Waals surface area contributed by atoms with Gasteiger partial charge in [-0.1, -0.05) is 117 Å². The highest BCUT2D eigenvalue weighted by molar-refractivity contribution is 6.05. The highest BCUT2D eigenvalue weighted by Gasteiger charge is 2.45. The van der Waals surface area contributed by atoms with Gasteiger partial charge >= 0.3 is 0 Å². The monoisotopic (exact) mass is 400 g/mol. The molecule has 0 heterocycles. The van der Waals surface area contributed by atoms with Crippen LogP contribution in [0.4, 0.5) is 0 Å². The predicted octanol–water partition coefficient (Wildman–Crippen LogP) is 8.17. The Bertz CT molecular complexity index is 1230. The molecule has 0 saturated heterocycles. The van der Waals surface area contributed by atoms with E-state index in [9.17, 15) is 0 Å². The van der Waals surface area contributed by atoms with Crippen LogP contribution >= 0.6 is 0 Å². The molecular formula is C31H28. The molecule has 31 heavy (non-hydrogen) atoms. The van der Waals surface area contributed by atoms with Gasteiger partial charge in [0.15, 0.2) is 0 Å². The zero-order valence-corrected chi connectivity index (χ0v) is 18.5. The van der Waals surface area contributed by atoms with E-state index in [0.29, 0.717) is 0 Å². The Balaban J connectivity index is 0.000000994. The zero-order chi connectivity index (χ0) is 21.4. The third-order valence-electron chi connectivity index (χ3n) is 6.80. The Kier molecular flexibility index (Phi) is 4.87. The standard InChI is InChI=1S/C29H22.C2H6/c1-29(26-17-9-7-15-23(26)24-16-8-10-18-27(24)29)28-22-14-6-5-13-21(22)19-25(28)20-11-3-2-4-12-20;1-2/h2-18H,19H2,1H3;1-2H3. The van der Waals surface area contributed by atoms with E-state index in [-0.39, 0.29) is 5.41 Å². The number of fused-ring (bicyclic) bond motifs is 4. The van der Waals surface area contributed by atoms with Crippen molar-refractivity contribution < 1.29 is 0 Å². The molecule has 4 aromatic rings. The SMILES string of the molecule is CC.CC1(C2=C(c3ccccc3)Cc3ccccc32)c2ccccc2-c2ccccc21. The highest BCUT2D eigenvalue weighted by atomic mass is 14.5. The van der Waals surface area contributed by atoms with Crippen LogP contribution in [0.25, 0.3) is 22.3 Å². The molecule has 0 unspecified atom stereocenters. The predicted molar refractivity (Wildman–Crippen MR) is 133 cm³/mol. The summed E-state index contributed by atoms with van der Waals surface area (Å²) < 4.78 is 0. The topological polar surface area (TPSA) is 0 Å². The van der Waals surface area contributed by atoms with E-state index in [1.165, 1.54) is 50.1 Å². The summed E-state index contributed by atoms with van der Waals surface area (Å²) in [5.41, 5.74) is 12.5. The molecule has 0 spiro atoms. The summed E-state index contributed by atoms with van der Waals surface area (Å²) in [6.45, 7) is 6.43. The fraction of sp³-hybridized carbons (Fsp3) is 0.161. The number of hydrogen-bond acceptors (Lipinski definition) is 0. The molecule has 0 bridgehead atoms. The van der Waals surface area contributed by atoms with Crippen LogP contribution < -0.4 is 0 Å². The molecule has 0 aliphatic heterocycles. The maximum Gasteiger partial charge on any atom is 0.0444 e. The van der Waals surface area contributed by atoms with Gasteiger partial charge in [-0.3, -0.25) is 0 Å². The van der Waals surface area contributed by atoms with Gasteiger partial charge < -0.3 is 0 Å². The van der Waals surface area contributed by atoms with Gasteiger partial charge in [0.25, 0.3) is 0 Å². The smallest absolute Gasteiger partial charge is 0.0444 e. The average molecular weight is 401 g/mol. The van der Waals surface area contributed by atoms with Crippen LogP contribution in [0.1, 0.15) is 48.6 Å². The van der Waals surface area contributed by atoms with E-state index in [2.05, 4.69) is 110 Å². The Morgan fingerprint density at radius 2 is 1.03 bits per heavy atom. The lowest BCUT2D eigenvalue weighted by Gasteiger charge is -2.31. The summed E-state index contributed by atoms with van der Waals surface area (Å²) in [5, 5.41) is 0. The van der Waals surface area contributed by atoms with Gasteiger partial charge in [-0.15, -0.1) is 0 Å². The molecule has 0 fully saturated rings. The van der Waals surface area contributed by atoms with Crippen LogP contribution in [0.3, 0.4) is 0 Å². The molecule has 0 amide bonds. The normalized spacial score (nSPS) is 14.9. The summed E-state index contributed by atoms with van der Waals surface area (Å²) in [4.78, 5) is 0. The van der Waals surface area contributed by atoms with Crippen LogP contribution in [-0.2, 0) is 11.8 Å². The average Bonchev–Trinajstić information content (AvgIpc) is 3.36. The zero-order valence-electron chi connectivity index (χ0n) is 18.5. The Morgan fingerprint density at radius 3 is 1.65 bits per heavy atom. The molecule has 0 nitrogen and oxygen atoms in total. The minimum absolute atomic E-state index is 0.162. The largest absolute Gasteiger partial charge is 0.0683 e. The van der Waals surface area contributed by atoms with Crippen LogP contribution in [0.2, 0.25) is 0 Å². The van der Waals surface area contributed by atoms with Crippen molar-refractivity contribution >= 4 is 11.1 Å². The van der Waals surface area contributed by atoms with Gasteiger partial charge in [0, 0.05) is 5.41 Å². The van der Waals surface area contributed by atoms with Crippen molar-refractivity contribution in [1.29, 1.82) is 0 Å².